The maximum absolute atomic E-state index is 12.4. The van der Waals surface area contributed by atoms with E-state index < -0.39 is 12.1 Å². The molecule has 33 heavy (non-hydrogen) atoms. The first-order valence-electron chi connectivity index (χ1n) is 11.5. The largest absolute Gasteiger partial charge is 0.481 e. The summed E-state index contributed by atoms with van der Waals surface area (Å²) in [6.07, 6.45) is 2.02. The van der Waals surface area contributed by atoms with Gasteiger partial charge in [0.1, 0.15) is 6.61 Å². The molecule has 7 heteroatoms. The highest BCUT2D eigenvalue weighted by atomic mass is 16.5. The molecule has 2 N–H and O–H groups in total. The third-order valence-corrected chi connectivity index (χ3v) is 6.67. The van der Waals surface area contributed by atoms with Gasteiger partial charge in [0.25, 0.3) is 0 Å². The lowest BCUT2D eigenvalue weighted by Crippen LogP contribution is -2.46. The Morgan fingerprint density at radius 1 is 1.03 bits per heavy atom. The lowest BCUT2D eigenvalue weighted by atomic mass is 9.78. The zero-order valence-electron chi connectivity index (χ0n) is 18.8. The van der Waals surface area contributed by atoms with Gasteiger partial charge in [0.2, 0.25) is 5.91 Å². The molecular formula is C26H30N2O5. The van der Waals surface area contributed by atoms with Gasteiger partial charge in [-0.3, -0.25) is 9.59 Å². The number of rotatable bonds is 9. The van der Waals surface area contributed by atoms with Crippen molar-refractivity contribution in [1.29, 1.82) is 0 Å². The van der Waals surface area contributed by atoms with E-state index in [4.69, 9.17) is 9.84 Å². The minimum Gasteiger partial charge on any atom is -0.481 e. The standard InChI is InChI=1S/C26H30N2O5/c1-28(12-6-11-25(30)31)24(29)15-17-13-18(14-17)27-26(32)33-16-23-21-9-4-2-7-19(21)20-8-3-5-10-22(20)23/h2-5,7-10,17-18,23H,6,11-16H2,1H3,(H,27,32)(H,30,31). The molecule has 0 saturated heterocycles. The Hall–Kier alpha value is -3.35. The van der Waals surface area contributed by atoms with Crippen LogP contribution in [-0.4, -0.2) is 54.2 Å². The zero-order chi connectivity index (χ0) is 23.4. The summed E-state index contributed by atoms with van der Waals surface area (Å²) < 4.78 is 5.59. The fraction of sp³-hybridized carbons (Fsp3) is 0.423. The van der Waals surface area contributed by atoms with Crippen LogP contribution in [0, 0.1) is 5.92 Å². The van der Waals surface area contributed by atoms with Crippen LogP contribution in [0.2, 0.25) is 0 Å². The number of benzene rings is 2. The number of nitrogens with one attached hydrogen (secondary N) is 1. The topological polar surface area (TPSA) is 95.9 Å². The second-order valence-electron chi connectivity index (χ2n) is 9.02. The van der Waals surface area contributed by atoms with Crippen LogP contribution in [0.25, 0.3) is 11.1 Å². The molecule has 174 valence electrons. The lowest BCUT2D eigenvalue weighted by molar-refractivity contribution is -0.138. The van der Waals surface area contributed by atoms with Gasteiger partial charge in [-0.1, -0.05) is 48.5 Å². The third-order valence-electron chi connectivity index (χ3n) is 6.67. The number of hydrogen-bond acceptors (Lipinski definition) is 4. The normalized spacial score (nSPS) is 18.6. The Kier molecular flexibility index (Phi) is 6.96. The molecule has 0 aliphatic heterocycles. The van der Waals surface area contributed by atoms with E-state index in [1.54, 1.807) is 11.9 Å². The molecule has 0 heterocycles. The number of amides is 2. The maximum atomic E-state index is 12.4. The molecule has 0 aromatic heterocycles. The second kappa shape index (κ2) is 10.1. The molecular weight excluding hydrogens is 420 g/mol. The molecule has 2 aromatic carbocycles. The summed E-state index contributed by atoms with van der Waals surface area (Å²) in [6, 6.07) is 16.5. The minimum atomic E-state index is -0.850. The number of hydrogen-bond donors (Lipinski definition) is 2. The van der Waals surface area contributed by atoms with Gasteiger partial charge in [-0.15, -0.1) is 0 Å². The van der Waals surface area contributed by atoms with Gasteiger partial charge in [0.15, 0.2) is 0 Å². The molecule has 1 saturated carbocycles. The smallest absolute Gasteiger partial charge is 0.407 e. The van der Waals surface area contributed by atoms with Crippen LogP contribution in [0.1, 0.15) is 49.1 Å². The van der Waals surface area contributed by atoms with E-state index in [2.05, 4.69) is 29.6 Å². The fourth-order valence-corrected chi connectivity index (χ4v) is 4.82. The number of carbonyl (C=O) groups excluding carboxylic acids is 2. The Morgan fingerprint density at radius 3 is 2.24 bits per heavy atom. The molecule has 1 fully saturated rings. The summed E-state index contributed by atoms with van der Waals surface area (Å²) in [5.74, 6) is -0.563. The summed E-state index contributed by atoms with van der Waals surface area (Å²) in [5, 5.41) is 11.6. The highest BCUT2D eigenvalue weighted by Crippen LogP contribution is 2.44. The molecule has 2 aromatic rings. The predicted molar refractivity (Wildman–Crippen MR) is 124 cm³/mol. The third kappa shape index (κ3) is 5.35. The lowest BCUT2D eigenvalue weighted by Gasteiger charge is -2.36. The predicted octanol–water partition coefficient (Wildman–Crippen LogP) is 4.02. The number of ether oxygens (including phenoxy) is 1. The number of fused-ring (bicyclic) bond motifs is 3. The monoisotopic (exact) mass is 450 g/mol. The van der Waals surface area contributed by atoms with Crippen LogP contribution in [0.15, 0.2) is 48.5 Å². The first kappa shape index (κ1) is 22.8. The van der Waals surface area contributed by atoms with Crippen LogP contribution >= 0.6 is 0 Å². The summed E-state index contributed by atoms with van der Waals surface area (Å²) in [7, 11) is 1.70. The van der Waals surface area contributed by atoms with E-state index >= 15 is 0 Å². The Bertz CT molecular complexity index is 985. The number of nitrogens with zero attached hydrogens (tertiary/aromatic N) is 1. The molecule has 2 aliphatic carbocycles. The van der Waals surface area contributed by atoms with E-state index in [1.165, 1.54) is 22.3 Å². The fourth-order valence-electron chi connectivity index (χ4n) is 4.82. The number of carbonyl (C=O) groups is 3. The Morgan fingerprint density at radius 2 is 1.64 bits per heavy atom. The molecule has 0 spiro atoms. The highest BCUT2D eigenvalue weighted by molar-refractivity contribution is 5.79. The van der Waals surface area contributed by atoms with Crippen molar-refractivity contribution in [1.82, 2.24) is 10.2 Å². The summed E-state index contributed by atoms with van der Waals surface area (Å²) >= 11 is 0. The van der Waals surface area contributed by atoms with Crippen LogP contribution in [0.3, 0.4) is 0 Å². The Balaban J connectivity index is 1.19. The summed E-state index contributed by atoms with van der Waals surface area (Å²) in [4.78, 5) is 36.8. The van der Waals surface area contributed by atoms with E-state index in [9.17, 15) is 14.4 Å². The minimum absolute atomic E-state index is 0.0185. The first-order chi connectivity index (χ1) is 15.9. The van der Waals surface area contributed by atoms with Crippen molar-refractivity contribution in [3.05, 3.63) is 59.7 Å². The SMILES string of the molecule is CN(CCCC(=O)O)C(=O)CC1CC(NC(=O)OCC2c3ccccc3-c3ccccc32)C1. The van der Waals surface area contributed by atoms with Gasteiger partial charge in [-0.2, -0.15) is 0 Å². The Labute approximate surface area is 193 Å². The zero-order valence-corrected chi connectivity index (χ0v) is 18.8. The van der Waals surface area contributed by atoms with Gasteiger partial charge in [0, 0.05) is 38.4 Å². The highest BCUT2D eigenvalue weighted by Gasteiger charge is 2.34. The van der Waals surface area contributed by atoms with E-state index in [0.717, 1.165) is 12.8 Å². The molecule has 2 aliphatic rings. The van der Waals surface area contributed by atoms with E-state index in [1.807, 2.05) is 24.3 Å². The van der Waals surface area contributed by atoms with Gasteiger partial charge >= 0.3 is 12.1 Å². The van der Waals surface area contributed by atoms with Crippen molar-refractivity contribution < 1.29 is 24.2 Å². The first-order valence-corrected chi connectivity index (χ1v) is 11.5. The number of aliphatic carboxylic acids is 1. The van der Waals surface area contributed by atoms with Gasteiger partial charge in [-0.25, -0.2) is 4.79 Å². The van der Waals surface area contributed by atoms with Crippen molar-refractivity contribution in [2.24, 2.45) is 5.92 Å². The molecule has 0 bridgehead atoms. The van der Waals surface area contributed by atoms with Crippen molar-refractivity contribution in [3.63, 3.8) is 0 Å². The quantitative estimate of drug-likeness (QED) is 0.602. The van der Waals surface area contributed by atoms with Crippen molar-refractivity contribution >= 4 is 18.0 Å². The van der Waals surface area contributed by atoms with E-state index in [-0.39, 0.29) is 36.8 Å². The van der Waals surface area contributed by atoms with Crippen LogP contribution in [0.4, 0.5) is 4.79 Å². The van der Waals surface area contributed by atoms with Crippen LogP contribution < -0.4 is 5.32 Å². The molecule has 7 nitrogen and oxygen atoms in total. The molecule has 0 unspecified atom stereocenters. The number of carboxylic acids is 1. The van der Waals surface area contributed by atoms with E-state index in [0.29, 0.717) is 19.4 Å². The summed E-state index contributed by atoms with van der Waals surface area (Å²) in [5.41, 5.74) is 4.76. The number of carboxylic acid groups (broad SMARTS) is 1. The number of alkyl carbamates (subject to hydrolysis) is 1. The average molecular weight is 451 g/mol. The summed E-state index contributed by atoms with van der Waals surface area (Å²) in [6.45, 7) is 0.731. The van der Waals surface area contributed by atoms with Gasteiger partial charge in [0.05, 0.1) is 0 Å². The van der Waals surface area contributed by atoms with Crippen LogP contribution in [-0.2, 0) is 14.3 Å². The molecule has 2 amide bonds. The average Bonchev–Trinajstić information content (AvgIpc) is 3.09. The van der Waals surface area contributed by atoms with Gasteiger partial charge < -0.3 is 20.1 Å². The van der Waals surface area contributed by atoms with Crippen molar-refractivity contribution in [2.75, 3.05) is 20.2 Å². The molecule has 0 atom stereocenters. The van der Waals surface area contributed by atoms with Crippen molar-refractivity contribution in [3.8, 4) is 11.1 Å². The second-order valence-corrected chi connectivity index (χ2v) is 9.02. The van der Waals surface area contributed by atoms with Crippen LogP contribution in [0.5, 0.6) is 0 Å². The van der Waals surface area contributed by atoms with Gasteiger partial charge in [-0.05, 0) is 47.4 Å². The molecule has 0 radical (unpaired) electrons. The maximum Gasteiger partial charge on any atom is 0.407 e. The molecule has 4 rings (SSSR count). The van der Waals surface area contributed by atoms with Crippen molar-refractivity contribution in [2.45, 2.75) is 44.1 Å².